The van der Waals surface area contributed by atoms with Crippen LogP contribution in [-0.2, 0) is 11.3 Å². The van der Waals surface area contributed by atoms with Crippen molar-refractivity contribution in [1.82, 2.24) is 0 Å². The molecule has 21 heavy (non-hydrogen) atoms. The molecule has 6 heteroatoms. The molecular weight excluding hydrogens is 281 g/mol. The summed E-state index contributed by atoms with van der Waals surface area (Å²) in [5.41, 5.74) is 1.11. The first kappa shape index (κ1) is 14.9. The van der Waals surface area contributed by atoms with Crippen LogP contribution in [0.1, 0.15) is 12.5 Å². The first-order chi connectivity index (χ1) is 9.99. The third-order valence-electron chi connectivity index (χ3n) is 2.83. The molecule has 2 aromatic carbocycles. The van der Waals surface area contributed by atoms with Gasteiger partial charge in [-0.05, 0) is 23.8 Å². The summed E-state index contributed by atoms with van der Waals surface area (Å²) in [6.45, 7) is 1.53. The summed E-state index contributed by atoms with van der Waals surface area (Å²) < 4.78 is 39.5. The SMILES string of the molecule is CC(=O)Nc1ccccc1CNc1ccc(F)c(F)c1F. The average molecular weight is 294 g/mol. The lowest BCUT2D eigenvalue weighted by Gasteiger charge is -2.12. The molecule has 0 aliphatic carbocycles. The smallest absolute Gasteiger partial charge is 0.221 e. The third kappa shape index (κ3) is 3.53. The number of halogens is 3. The molecule has 0 atom stereocenters. The number of hydrogen-bond acceptors (Lipinski definition) is 2. The second kappa shape index (κ2) is 6.30. The Kier molecular flexibility index (Phi) is 4.47. The van der Waals surface area contributed by atoms with Crippen LogP contribution in [0.15, 0.2) is 36.4 Å². The highest BCUT2D eigenvalue weighted by atomic mass is 19.2. The molecule has 0 saturated carbocycles. The average Bonchev–Trinajstić information content (AvgIpc) is 2.45. The first-order valence-electron chi connectivity index (χ1n) is 6.22. The Hall–Kier alpha value is -2.50. The largest absolute Gasteiger partial charge is 0.378 e. The van der Waals surface area contributed by atoms with Gasteiger partial charge in [-0.15, -0.1) is 0 Å². The Labute approximate surface area is 119 Å². The topological polar surface area (TPSA) is 41.1 Å². The van der Waals surface area contributed by atoms with E-state index in [2.05, 4.69) is 10.6 Å². The molecule has 0 spiro atoms. The lowest BCUT2D eigenvalue weighted by Crippen LogP contribution is -2.10. The molecule has 2 rings (SSSR count). The van der Waals surface area contributed by atoms with E-state index >= 15 is 0 Å². The van der Waals surface area contributed by atoms with Gasteiger partial charge >= 0.3 is 0 Å². The predicted molar refractivity (Wildman–Crippen MR) is 74.4 cm³/mol. The van der Waals surface area contributed by atoms with Gasteiger partial charge in [-0.2, -0.15) is 0 Å². The Morgan fingerprint density at radius 2 is 1.71 bits per heavy atom. The standard InChI is InChI=1S/C15H13F3N2O/c1-9(21)20-12-5-3-2-4-10(12)8-19-13-7-6-11(16)14(17)15(13)18/h2-7,19H,8H2,1H3,(H,20,21). The molecule has 110 valence electrons. The van der Waals surface area contributed by atoms with Crippen LogP contribution in [0.2, 0.25) is 0 Å². The molecule has 1 amide bonds. The number of anilines is 2. The lowest BCUT2D eigenvalue weighted by molar-refractivity contribution is -0.114. The predicted octanol–water partition coefficient (Wildman–Crippen LogP) is 3.67. The maximum atomic E-state index is 13.5. The van der Waals surface area contributed by atoms with Gasteiger partial charge in [0.25, 0.3) is 0 Å². The Bertz CT molecular complexity index is 674. The number of nitrogens with one attached hydrogen (secondary N) is 2. The van der Waals surface area contributed by atoms with E-state index in [4.69, 9.17) is 0 Å². The van der Waals surface area contributed by atoms with E-state index in [-0.39, 0.29) is 18.1 Å². The third-order valence-corrected chi connectivity index (χ3v) is 2.83. The highest BCUT2D eigenvalue weighted by Gasteiger charge is 2.13. The summed E-state index contributed by atoms with van der Waals surface area (Å²) in [5, 5.41) is 5.32. The zero-order valence-electron chi connectivity index (χ0n) is 11.2. The number of rotatable bonds is 4. The van der Waals surface area contributed by atoms with Crippen LogP contribution in [0.25, 0.3) is 0 Å². The first-order valence-corrected chi connectivity index (χ1v) is 6.22. The number of amides is 1. The number of benzene rings is 2. The van der Waals surface area contributed by atoms with E-state index in [1.54, 1.807) is 24.3 Å². The van der Waals surface area contributed by atoms with Gasteiger partial charge in [-0.25, -0.2) is 13.2 Å². The van der Waals surface area contributed by atoms with Crippen LogP contribution in [0.3, 0.4) is 0 Å². The van der Waals surface area contributed by atoms with Crippen molar-refractivity contribution in [2.75, 3.05) is 10.6 Å². The lowest BCUT2D eigenvalue weighted by atomic mass is 10.1. The minimum atomic E-state index is -1.52. The minimum Gasteiger partial charge on any atom is -0.378 e. The molecule has 0 bridgehead atoms. The van der Waals surface area contributed by atoms with Gasteiger partial charge in [0.15, 0.2) is 17.5 Å². The molecule has 2 aromatic rings. The van der Waals surface area contributed by atoms with E-state index < -0.39 is 17.5 Å². The maximum absolute atomic E-state index is 13.5. The second-order valence-corrected chi connectivity index (χ2v) is 4.41. The fourth-order valence-corrected chi connectivity index (χ4v) is 1.84. The van der Waals surface area contributed by atoms with Gasteiger partial charge in [0.2, 0.25) is 5.91 Å². The van der Waals surface area contributed by atoms with Crippen molar-refractivity contribution in [3.8, 4) is 0 Å². The van der Waals surface area contributed by atoms with E-state index in [0.717, 1.165) is 12.1 Å². The quantitative estimate of drug-likeness (QED) is 0.845. The number of para-hydroxylation sites is 1. The molecule has 0 heterocycles. The van der Waals surface area contributed by atoms with Gasteiger partial charge in [0, 0.05) is 19.2 Å². The number of hydrogen-bond donors (Lipinski definition) is 2. The van der Waals surface area contributed by atoms with Gasteiger partial charge in [0.05, 0.1) is 5.69 Å². The van der Waals surface area contributed by atoms with Crippen molar-refractivity contribution >= 4 is 17.3 Å². The van der Waals surface area contributed by atoms with Crippen molar-refractivity contribution in [3.63, 3.8) is 0 Å². The molecule has 0 aliphatic heterocycles. The highest BCUT2D eigenvalue weighted by molar-refractivity contribution is 5.89. The van der Waals surface area contributed by atoms with Crippen LogP contribution in [0.5, 0.6) is 0 Å². The normalized spacial score (nSPS) is 10.3. The van der Waals surface area contributed by atoms with Gasteiger partial charge < -0.3 is 10.6 Å². The minimum absolute atomic E-state index is 0.147. The second-order valence-electron chi connectivity index (χ2n) is 4.41. The Balaban J connectivity index is 2.17. The molecule has 0 saturated heterocycles. The molecule has 2 N–H and O–H groups in total. The van der Waals surface area contributed by atoms with Crippen molar-refractivity contribution in [2.45, 2.75) is 13.5 Å². The van der Waals surface area contributed by atoms with Crippen LogP contribution in [0.4, 0.5) is 24.5 Å². The summed E-state index contributed by atoms with van der Waals surface area (Å²) >= 11 is 0. The van der Waals surface area contributed by atoms with Gasteiger partial charge in [0.1, 0.15) is 0 Å². The molecule has 0 unspecified atom stereocenters. The van der Waals surface area contributed by atoms with Crippen molar-refractivity contribution in [2.24, 2.45) is 0 Å². The summed E-state index contributed by atoms with van der Waals surface area (Å²) in [4.78, 5) is 11.1. The fourth-order valence-electron chi connectivity index (χ4n) is 1.84. The summed E-state index contributed by atoms with van der Waals surface area (Å²) in [7, 11) is 0. The number of carbonyl (C=O) groups excluding carboxylic acids is 1. The molecule has 0 aliphatic rings. The summed E-state index contributed by atoms with van der Waals surface area (Å²) in [5.74, 6) is -4.26. The highest BCUT2D eigenvalue weighted by Crippen LogP contribution is 2.22. The van der Waals surface area contributed by atoms with Crippen molar-refractivity contribution in [3.05, 3.63) is 59.4 Å². The van der Waals surface area contributed by atoms with Crippen LogP contribution >= 0.6 is 0 Å². The van der Waals surface area contributed by atoms with E-state index in [1.807, 2.05) is 0 Å². The van der Waals surface area contributed by atoms with E-state index in [1.165, 1.54) is 6.92 Å². The Morgan fingerprint density at radius 3 is 2.43 bits per heavy atom. The monoisotopic (exact) mass is 294 g/mol. The van der Waals surface area contributed by atoms with Crippen molar-refractivity contribution in [1.29, 1.82) is 0 Å². The van der Waals surface area contributed by atoms with Gasteiger partial charge in [-0.3, -0.25) is 4.79 Å². The van der Waals surface area contributed by atoms with Crippen LogP contribution in [-0.4, -0.2) is 5.91 Å². The van der Waals surface area contributed by atoms with E-state index in [0.29, 0.717) is 11.3 Å². The molecule has 0 aromatic heterocycles. The molecule has 0 radical (unpaired) electrons. The summed E-state index contributed by atoms with van der Waals surface area (Å²) in [6, 6.07) is 8.89. The zero-order valence-corrected chi connectivity index (χ0v) is 11.2. The van der Waals surface area contributed by atoms with Gasteiger partial charge in [-0.1, -0.05) is 18.2 Å². The van der Waals surface area contributed by atoms with E-state index in [9.17, 15) is 18.0 Å². The fraction of sp³-hybridized carbons (Fsp3) is 0.133. The maximum Gasteiger partial charge on any atom is 0.221 e. The molecular formula is C15H13F3N2O. The van der Waals surface area contributed by atoms with Crippen LogP contribution in [0, 0.1) is 17.5 Å². The van der Waals surface area contributed by atoms with Crippen LogP contribution < -0.4 is 10.6 Å². The molecule has 3 nitrogen and oxygen atoms in total. The van der Waals surface area contributed by atoms with Crippen molar-refractivity contribution < 1.29 is 18.0 Å². The Morgan fingerprint density at radius 1 is 1.00 bits per heavy atom. The zero-order chi connectivity index (χ0) is 15.4. The number of carbonyl (C=O) groups is 1. The summed E-state index contributed by atoms with van der Waals surface area (Å²) in [6.07, 6.45) is 0. The molecule has 0 fully saturated rings.